The molecule has 4 fully saturated rings. The van der Waals surface area contributed by atoms with Gasteiger partial charge in [-0.3, -0.25) is 9.78 Å². The SMILES string of the molecule is CCCCOc1ccc(-c2cc3c(NC4C5CC4C5)c(C(=O)CC4CC4)cnc3cc2F)cn1. The smallest absolute Gasteiger partial charge is 0.213 e. The summed E-state index contributed by atoms with van der Waals surface area (Å²) in [5.41, 5.74) is 3.15. The maximum absolute atomic E-state index is 15.1. The van der Waals surface area contributed by atoms with Crippen molar-refractivity contribution in [2.24, 2.45) is 17.8 Å². The lowest BCUT2D eigenvalue weighted by Gasteiger charge is -2.58. The minimum Gasteiger partial charge on any atom is -0.478 e. The molecule has 7 rings (SSSR count). The number of fused-ring (bicyclic) bond motifs is 1. The monoisotopic (exact) mass is 459 g/mol. The molecule has 2 bridgehead atoms. The average molecular weight is 460 g/mol. The van der Waals surface area contributed by atoms with E-state index in [4.69, 9.17) is 4.74 Å². The highest BCUT2D eigenvalue weighted by Crippen LogP contribution is 2.55. The molecule has 4 saturated carbocycles. The second-order valence-electron chi connectivity index (χ2n) is 10.2. The van der Waals surface area contributed by atoms with Gasteiger partial charge >= 0.3 is 0 Å². The van der Waals surface area contributed by atoms with Crippen LogP contribution in [0.25, 0.3) is 22.0 Å². The third-order valence-electron chi connectivity index (χ3n) is 7.76. The molecular weight excluding hydrogens is 429 g/mol. The molecule has 4 aliphatic rings. The third kappa shape index (κ3) is 3.93. The molecule has 1 aromatic carbocycles. The van der Waals surface area contributed by atoms with Crippen LogP contribution in [0, 0.1) is 23.6 Å². The number of rotatable bonds is 10. The minimum absolute atomic E-state index is 0.133. The number of nitrogens with zero attached hydrogens (tertiary/aromatic N) is 2. The Morgan fingerprint density at radius 2 is 1.97 bits per heavy atom. The van der Waals surface area contributed by atoms with Gasteiger partial charge in [0.2, 0.25) is 5.88 Å². The first-order chi connectivity index (χ1) is 16.6. The molecule has 1 N–H and O–H groups in total. The van der Waals surface area contributed by atoms with Crippen LogP contribution in [0.15, 0.2) is 36.7 Å². The summed E-state index contributed by atoms with van der Waals surface area (Å²) in [6.45, 7) is 2.73. The van der Waals surface area contributed by atoms with E-state index in [9.17, 15) is 4.79 Å². The van der Waals surface area contributed by atoms with Crippen molar-refractivity contribution in [1.29, 1.82) is 0 Å². The summed E-state index contributed by atoms with van der Waals surface area (Å²) in [5, 5.41) is 4.48. The standard InChI is InChI=1S/C28H30FN3O2/c1-2-3-8-34-26-7-6-17(14-31-26)20-12-21-24(13-23(20)29)30-15-22(25(33)9-16-4-5-16)28(21)32-27-18-10-19(27)11-18/h6-7,12-16,18-19,27H,2-5,8-11H2,1H3,(H,30,32). The number of carbonyl (C=O) groups excluding carboxylic acids is 1. The van der Waals surface area contributed by atoms with Crippen molar-refractivity contribution in [2.75, 3.05) is 11.9 Å². The largest absolute Gasteiger partial charge is 0.478 e. The number of hydrogen-bond donors (Lipinski definition) is 1. The highest BCUT2D eigenvalue weighted by molar-refractivity contribution is 6.09. The van der Waals surface area contributed by atoms with Crippen molar-refractivity contribution in [2.45, 2.75) is 57.9 Å². The first kappa shape index (κ1) is 21.5. The Hall–Kier alpha value is -3.02. The van der Waals surface area contributed by atoms with Crippen LogP contribution >= 0.6 is 0 Å². The molecule has 34 heavy (non-hydrogen) atoms. The molecule has 3 aromatic rings. The van der Waals surface area contributed by atoms with E-state index >= 15 is 4.39 Å². The van der Waals surface area contributed by atoms with Crippen LogP contribution in [0.5, 0.6) is 5.88 Å². The summed E-state index contributed by atoms with van der Waals surface area (Å²) in [7, 11) is 0. The molecule has 0 amide bonds. The topological polar surface area (TPSA) is 64.1 Å². The van der Waals surface area contributed by atoms with E-state index < -0.39 is 0 Å². The first-order valence-electron chi connectivity index (χ1n) is 12.6. The Balaban J connectivity index is 1.37. The third-order valence-corrected chi connectivity index (χ3v) is 7.76. The number of ether oxygens (including phenoxy) is 1. The van der Waals surface area contributed by atoms with Gasteiger partial charge in [-0.15, -0.1) is 0 Å². The molecule has 0 aliphatic heterocycles. The number of pyridine rings is 2. The van der Waals surface area contributed by atoms with Crippen LogP contribution in [0.1, 0.15) is 62.2 Å². The van der Waals surface area contributed by atoms with Crippen molar-refractivity contribution in [3.8, 4) is 17.0 Å². The average Bonchev–Trinajstić information content (AvgIpc) is 3.60. The van der Waals surface area contributed by atoms with Crippen LogP contribution < -0.4 is 10.1 Å². The number of benzene rings is 1. The molecule has 0 atom stereocenters. The number of unbranched alkanes of at least 4 members (excludes halogenated alkanes) is 1. The predicted molar refractivity (Wildman–Crippen MR) is 131 cm³/mol. The molecule has 0 unspecified atom stereocenters. The summed E-state index contributed by atoms with van der Waals surface area (Å²) in [6, 6.07) is 7.32. The fourth-order valence-electron chi connectivity index (χ4n) is 5.13. The highest BCUT2D eigenvalue weighted by atomic mass is 19.1. The fourth-order valence-corrected chi connectivity index (χ4v) is 5.13. The van der Waals surface area contributed by atoms with Gasteiger partial charge in [-0.25, -0.2) is 9.37 Å². The molecule has 6 heteroatoms. The number of hydrogen-bond acceptors (Lipinski definition) is 5. The van der Waals surface area contributed by atoms with E-state index in [1.165, 1.54) is 18.9 Å². The molecule has 0 radical (unpaired) electrons. The Bertz CT molecular complexity index is 1220. The zero-order chi connectivity index (χ0) is 23.2. The predicted octanol–water partition coefficient (Wildman–Crippen LogP) is 6.42. The van der Waals surface area contributed by atoms with Crippen molar-refractivity contribution >= 4 is 22.4 Å². The van der Waals surface area contributed by atoms with Crippen molar-refractivity contribution in [3.63, 3.8) is 0 Å². The second-order valence-corrected chi connectivity index (χ2v) is 10.2. The van der Waals surface area contributed by atoms with Gasteiger partial charge in [0.05, 0.1) is 23.4 Å². The summed E-state index contributed by atoms with van der Waals surface area (Å²) >= 11 is 0. The molecule has 0 spiro atoms. The maximum atomic E-state index is 15.1. The molecule has 0 saturated heterocycles. The summed E-state index contributed by atoms with van der Waals surface area (Å²) in [6.07, 6.45) is 10.7. The van der Waals surface area contributed by atoms with Crippen LogP contribution in [-0.2, 0) is 0 Å². The molecule has 4 aliphatic carbocycles. The van der Waals surface area contributed by atoms with Gasteiger partial charge in [-0.1, -0.05) is 13.3 Å². The Morgan fingerprint density at radius 3 is 2.62 bits per heavy atom. The number of Topliss-reactive ketones (excluding diaryl/α,β-unsaturated/α-hetero) is 1. The Labute approximate surface area is 199 Å². The molecule has 2 heterocycles. The number of nitrogens with one attached hydrogen (secondary N) is 1. The van der Waals surface area contributed by atoms with Crippen molar-refractivity contribution in [3.05, 3.63) is 48.0 Å². The summed E-state index contributed by atoms with van der Waals surface area (Å²) in [4.78, 5) is 22.0. The number of halogens is 1. The van der Waals surface area contributed by atoms with Gasteiger partial charge in [-0.2, -0.15) is 0 Å². The quantitative estimate of drug-likeness (QED) is 0.280. The molecule has 5 nitrogen and oxygen atoms in total. The first-order valence-corrected chi connectivity index (χ1v) is 12.6. The van der Waals surface area contributed by atoms with E-state index in [-0.39, 0.29) is 11.6 Å². The lowest BCUT2D eigenvalue weighted by molar-refractivity contribution is -0.00384. The van der Waals surface area contributed by atoms with E-state index in [2.05, 4.69) is 22.2 Å². The molecule has 176 valence electrons. The number of carbonyl (C=O) groups is 1. The van der Waals surface area contributed by atoms with Gasteiger partial charge in [0.1, 0.15) is 5.82 Å². The van der Waals surface area contributed by atoms with E-state index in [0.29, 0.717) is 64.9 Å². The number of aromatic nitrogens is 2. The lowest BCUT2D eigenvalue weighted by Crippen LogP contribution is -2.59. The Kier molecular flexibility index (Phi) is 5.47. The Morgan fingerprint density at radius 1 is 1.15 bits per heavy atom. The second kappa shape index (κ2) is 8.64. The van der Waals surface area contributed by atoms with E-state index in [0.717, 1.165) is 36.8 Å². The highest BCUT2D eigenvalue weighted by Gasteiger charge is 2.52. The lowest BCUT2D eigenvalue weighted by atomic mass is 9.52. The number of ketones is 1. The van der Waals surface area contributed by atoms with Crippen molar-refractivity contribution < 1.29 is 13.9 Å². The van der Waals surface area contributed by atoms with Gasteiger partial charge in [0.25, 0.3) is 0 Å². The molecule has 2 aromatic heterocycles. The fraction of sp³-hybridized carbons (Fsp3) is 0.464. The minimum atomic E-state index is -0.351. The van der Waals surface area contributed by atoms with Gasteiger partial charge in [0, 0.05) is 53.5 Å². The van der Waals surface area contributed by atoms with Crippen LogP contribution in [0.4, 0.5) is 10.1 Å². The summed E-state index contributed by atoms with van der Waals surface area (Å²) in [5.74, 6) is 2.19. The zero-order valence-corrected chi connectivity index (χ0v) is 19.5. The van der Waals surface area contributed by atoms with Gasteiger partial charge < -0.3 is 10.1 Å². The van der Waals surface area contributed by atoms with Crippen LogP contribution in [0.2, 0.25) is 0 Å². The zero-order valence-electron chi connectivity index (χ0n) is 19.5. The van der Waals surface area contributed by atoms with Gasteiger partial charge in [0.15, 0.2) is 5.78 Å². The van der Waals surface area contributed by atoms with Gasteiger partial charge in [-0.05, 0) is 62.0 Å². The normalized spacial score (nSPS) is 22.7. The number of anilines is 1. The van der Waals surface area contributed by atoms with E-state index in [1.807, 2.05) is 12.1 Å². The maximum Gasteiger partial charge on any atom is 0.213 e. The summed E-state index contributed by atoms with van der Waals surface area (Å²) < 4.78 is 20.8. The molecular formula is C28H30FN3O2. The van der Waals surface area contributed by atoms with Crippen LogP contribution in [0.3, 0.4) is 0 Å². The van der Waals surface area contributed by atoms with Crippen LogP contribution in [-0.4, -0.2) is 28.4 Å². The van der Waals surface area contributed by atoms with Crippen molar-refractivity contribution in [1.82, 2.24) is 9.97 Å². The van der Waals surface area contributed by atoms with E-state index in [1.54, 1.807) is 18.5 Å².